The van der Waals surface area contributed by atoms with E-state index in [0.717, 1.165) is 30.1 Å². The van der Waals surface area contributed by atoms with E-state index in [1.807, 2.05) is 12.1 Å². The number of hydrogen-bond donors (Lipinski definition) is 0. The number of ether oxygens (including phenoxy) is 3. The Morgan fingerprint density at radius 3 is 2.39 bits per heavy atom. The largest absolute Gasteiger partial charge is 0.496 e. The molecule has 0 spiro atoms. The highest BCUT2D eigenvalue weighted by Gasteiger charge is 2.21. The van der Waals surface area contributed by atoms with Crippen molar-refractivity contribution in [2.75, 3.05) is 21.3 Å². The molecule has 0 heterocycles. The van der Waals surface area contributed by atoms with Crippen molar-refractivity contribution in [1.82, 2.24) is 0 Å². The molecule has 3 nitrogen and oxygen atoms in total. The molecular formula is C25H30O3. The average molecular weight is 379 g/mol. The van der Waals surface area contributed by atoms with Crippen LogP contribution in [0.15, 0.2) is 60.7 Å². The summed E-state index contributed by atoms with van der Waals surface area (Å²) in [5, 5.41) is 0. The Kier molecular flexibility index (Phi) is 6.80. The van der Waals surface area contributed by atoms with Gasteiger partial charge >= 0.3 is 0 Å². The molecule has 0 aromatic heterocycles. The molecule has 0 bridgehead atoms. The van der Waals surface area contributed by atoms with Gasteiger partial charge in [-0.3, -0.25) is 0 Å². The van der Waals surface area contributed by atoms with Crippen LogP contribution in [0, 0.1) is 12.8 Å². The maximum absolute atomic E-state index is 5.41. The minimum atomic E-state index is 0.417. The summed E-state index contributed by atoms with van der Waals surface area (Å²) in [5.41, 5.74) is 3.76. The molecular weight excluding hydrogens is 348 g/mol. The van der Waals surface area contributed by atoms with Crippen LogP contribution in [-0.2, 0) is 6.42 Å². The minimum Gasteiger partial charge on any atom is -0.496 e. The van der Waals surface area contributed by atoms with Gasteiger partial charge in [-0.25, -0.2) is 0 Å². The van der Waals surface area contributed by atoms with Gasteiger partial charge in [-0.1, -0.05) is 42.5 Å². The van der Waals surface area contributed by atoms with E-state index in [4.69, 9.17) is 14.2 Å². The topological polar surface area (TPSA) is 27.7 Å². The second-order valence-corrected chi connectivity index (χ2v) is 7.25. The van der Waals surface area contributed by atoms with Crippen LogP contribution in [0.4, 0.5) is 0 Å². The van der Waals surface area contributed by atoms with E-state index in [2.05, 4.69) is 55.5 Å². The van der Waals surface area contributed by atoms with Crippen molar-refractivity contribution in [3.05, 3.63) is 77.4 Å². The lowest BCUT2D eigenvalue weighted by molar-refractivity contribution is 0.354. The lowest BCUT2D eigenvalue weighted by Gasteiger charge is -2.26. The summed E-state index contributed by atoms with van der Waals surface area (Å²) >= 11 is 0. The summed E-state index contributed by atoms with van der Waals surface area (Å²) in [7, 11) is 5.06. The van der Waals surface area contributed by atoms with Gasteiger partial charge in [0.2, 0.25) is 0 Å². The molecule has 3 rings (SSSR count). The minimum absolute atomic E-state index is 0.417. The third-order valence-electron chi connectivity index (χ3n) is 5.46. The van der Waals surface area contributed by atoms with Crippen molar-refractivity contribution in [1.29, 1.82) is 0 Å². The second kappa shape index (κ2) is 9.50. The Morgan fingerprint density at radius 1 is 0.929 bits per heavy atom. The highest BCUT2D eigenvalue weighted by Crippen LogP contribution is 2.36. The Balaban J connectivity index is 1.73. The molecule has 28 heavy (non-hydrogen) atoms. The molecule has 0 amide bonds. The first kappa shape index (κ1) is 20.1. The SMILES string of the molecule is COc1ccc([C@H]2C=CCC[C@@H]2/C=C/Cc2ccc(OC)c(OC)c2)cc1C. The van der Waals surface area contributed by atoms with Crippen molar-refractivity contribution in [2.45, 2.75) is 32.1 Å². The van der Waals surface area contributed by atoms with Crippen LogP contribution in [0.25, 0.3) is 0 Å². The van der Waals surface area contributed by atoms with Crippen LogP contribution in [0.3, 0.4) is 0 Å². The van der Waals surface area contributed by atoms with Crippen LogP contribution < -0.4 is 14.2 Å². The average Bonchev–Trinajstić information content (AvgIpc) is 2.74. The second-order valence-electron chi connectivity index (χ2n) is 7.25. The Labute approximate surface area is 168 Å². The maximum atomic E-state index is 5.41. The standard InChI is InChI=1S/C25H30O3/c1-18-16-21(13-15-23(18)26-2)22-11-6-5-9-20(22)10-7-8-19-12-14-24(27-3)25(17-19)28-4/h6-7,10-17,20,22H,5,8-9H2,1-4H3/b10-7+/t20-,22+/m1/s1. The van der Waals surface area contributed by atoms with Crippen LogP contribution >= 0.6 is 0 Å². The van der Waals surface area contributed by atoms with Crippen LogP contribution in [0.1, 0.15) is 35.4 Å². The smallest absolute Gasteiger partial charge is 0.160 e. The van der Waals surface area contributed by atoms with Gasteiger partial charge in [0.05, 0.1) is 21.3 Å². The van der Waals surface area contributed by atoms with E-state index in [-0.39, 0.29) is 0 Å². The summed E-state index contributed by atoms with van der Waals surface area (Å²) in [6.45, 7) is 2.11. The van der Waals surface area contributed by atoms with Crippen molar-refractivity contribution >= 4 is 0 Å². The Morgan fingerprint density at radius 2 is 1.68 bits per heavy atom. The van der Waals surface area contributed by atoms with Crippen LogP contribution in [0.2, 0.25) is 0 Å². The van der Waals surface area contributed by atoms with E-state index in [1.54, 1.807) is 21.3 Å². The summed E-state index contributed by atoms with van der Waals surface area (Å²) in [5.74, 6) is 3.42. The lowest BCUT2D eigenvalue weighted by Crippen LogP contribution is -2.12. The van der Waals surface area contributed by atoms with E-state index in [0.29, 0.717) is 11.8 Å². The zero-order valence-corrected chi connectivity index (χ0v) is 17.3. The predicted octanol–water partition coefficient (Wildman–Crippen LogP) is 5.87. The maximum Gasteiger partial charge on any atom is 0.160 e. The number of rotatable bonds is 7. The fraction of sp³-hybridized carbons (Fsp3) is 0.360. The van der Waals surface area contributed by atoms with Gasteiger partial charge in [0.25, 0.3) is 0 Å². The van der Waals surface area contributed by atoms with Crippen molar-refractivity contribution < 1.29 is 14.2 Å². The summed E-state index contributed by atoms with van der Waals surface area (Å²) in [6, 6.07) is 12.6. The van der Waals surface area contributed by atoms with E-state index < -0.39 is 0 Å². The summed E-state index contributed by atoms with van der Waals surface area (Å²) in [6.07, 6.45) is 12.5. The van der Waals surface area contributed by atoms with Gasteiger partial charge in [0.15, 0.2) is 11.5 Å². The zero-order chi connectivity index (χ0) is 19.9. The van der Waals surface area contributed by atoms with Gasteiger partial charge in [0, 0.05) is 5.92 Å². The van der Waals surface area contributed by atoms with Crippen molar-refractivity contribution in [3.8, 4) is 17.2 Å². The van der Waals surface area contributed by atoms with Crippen LogP contribution in [-0.4, -0.2) is 21.3 Å². The number of allylic oxidation sites excluding steroid dienone is 4. The quantitative estimate of drug-likeness (QED) is 0.564. The Bertz CT molecular complexity index is 851. The third kappa shape index (κ3) is 4.59. The summed E-state index contributed by atoms with van der Waals surface area (Å²) < 4.78 is 16.1. The molecule has 1 aliphatic rings. The molecule has 148 valence electrons. The number of hydrogen-bond acceptors (Lipinski definition) is 3. The van der Waals surface area contributed by atoms with E-state index >= 15 is 0 Å². The predicted molar refractivity (Wildman–Crippen MR) is 115 cm³/mol. The first-order chi connectivity index (χ1) is 13.7. The first-order valence-electron chi connectivity index (χ1n) is 9.85. The normalized spacial score (nSPS) is 19.0. The van der Waals surface area contributed by atoms with E-state index in [1.165, 1.54) is 23.1 Å². The number of benzene rings is 2. The summed E-state index contributed by atoms with van der Waals surface area (Å²) in [4.78, 5) is 0. The van der Waals surface area contributed by atoms with Gasteiger partial charge in [-0.2, -0.15) is 0 Å². The van der Waals surface area contributed by atoms with E-state index in [9.17, 15) is 0 Å². The molecule has 0 unspecified atom stereocenters. The monoisotopic (exact) mass is 378 g/mol. The molecule has 2 atom stereocenters. The number of aryl methyl sites for hydroxylation is 1. The molecule has 1 aliphatic carbocycles. The Hall–Kier alpha value is -2.68. The fourth-order valence-corrected chi connectivity index (χ4v) is 3.92. The molecule has 0 saturated heterocycles. The van der Waals surface area contributed by atoms with Gasteiger partial charge in [-0.15, -0.1) is 0 Å². The van der Waals surface area contributed by atoms with Crippen molar-refractivity contribution in [2.24, 2.45) is 5.92 Å². The zero-order valence-electron chi connectivity index (χ0n) is 17.3. The van der Waals surface area contributed by atoms with Crippen molar-refractivity contribution in [3.63, 3.8) is 0 Å². The molecule has 0 aliphatic heterocycles. The molecule has 2 aromatic rings. The molecule has 3 heteroatoms. The highest BCUT2D eigenvalue weighted by molar-refractivity contribution is 5.43. The highest BCUT2D eigenvalue weighted by atomic mass is 16.5. The van der Waals surface area contributed by atoms with Gasteiger partial charge in [0.1, 0.15) is 5.75 Å². The fourth-order valence-electron chi connectivity index (χ4n) is 3.92. The first-order valence-corrected chi connectivity index (χ1v) is 9.85. The lowest BCUT2D eigenvalue weighted by atomic mass is 9.79. The molecule has 2 aromatic carbocycles. The third-order valence-corrected chi connectivity index (χ3v) is 5.46. The molecule has 0 saturated carbocycles. The van der Waals surface area contributed by atoms with Crippen LogP contribution in [0.5, 0.6) is 17.2 Å². The molecule has 0 N–H and O–H groups in total. The number of methoxy groups -OCH3 is 3. The molecule has 0 fully saturated rings. The molecule has 0 radical (unpaired) electrons. The van der Waals surface area contributed by atoms with Gasteiger partial charge in [-0.05, 0) is 67.0 Å². The van der Waals surface area contributed by atoms with Gasteiger partial charge < -0.3 is 14.2 Å².